The van der Waals surface area contributed by atoms with Gasteiger partial charge < -0.3 is 4.40 Å². The van der Waals surface area contributed by atoms with Crippen LogP contribution in [0.15, 0.2) is 58.4 Å². The Balaban J connectivity index is 2.15. The van der Waals surface area contributed by atoms with Gasteiger partial charge in [-0.3, -0.25) is 13.9 Å². The summed E-state index contributed by atoms with van der Waals surface area (Å²) in [6, 6.07) is 10.5. The third kappa shape index (κ3) is 2.78. The number of imidazole rings is 1. The van der Waals surface area contributed by atoms with E-state index in [1.165, 1.54) is 11.6 Å². The number of pyridine rings is 1. The summed E-state index contributed by atoms with van der Waals surface area (Å²) in [7, 11) is 3.04. The van der Waals surface area contributed by atoms with Gasteiger partial charge in [0.1, 0.15) is 5.65 Å². The van der Waals surface area contributed by atoms with Crippen molar-refractivity contribution in [3.8, 4) is 22.5 Å². The Morgan fingerprint density at radius 3 is 2.48 bits per heavy atom. The molecule has 4 aromatic rings. The molecule has 0 fully saturated rings. The molecule has 0 aliphatic rings. The first-order valence-corrected chi connectivity index (χ1v) is 8.83. The molecule has 0 amide bonds. The molecule has 8 heteroatoms. The number of aromatic nitrogens is 4. The molecule has 0 spiro atoms. The summed E-state index contributed by atoms with van der Waals surface area (Å²) < 4.78 is 4.27. The molecule has 0 unspecified atom stereocenters. The van der Waals surface area contributed by atoms with Gasteiger partial charge in [0.25, 0.3) is 5.56 Å². The number of benzene rings is 1. The second-order valence-corrected chi connectivity index (χ2v) is 6.99. The van der Waals surface area contributed by atoms with Crippen molar-refractivity contribution in [3.63, 3.8) is 0 Å². The van der Waals surface area contributed by atoms with Crippen LogP contribution in [-0.4, -0.2) is 18.5 Å². The van der Waals surface area contributed by atoms with Gasteiger partial charge in [-0.05, 0) is 30.3 Å². The Labute approximate surface area is 163 Å². The highest BCUT2D eigenvalue weighted by Crippen LogP contribution is 2.34. The van der Waals surface area contributed by atoms with E-state index in [2.05, 4.69) is 4.98 Å². The fraction of sp³-hybridized carbons (Fsp3) is 0.105. The lowest BCUT2D eigenvalue weighted by Crippen LogP contribution is -2.38. The standard InChI is InChI=1S/C19H14Cl2N4O2/c1-23-17(12-7-6-11(20)9-13(12)21)16(18(26)24(2)19(23)27)14-10-25-8-4-3-5-15(25)22-14/h3-10H,1-2H3. The highest BCUT2D eigenvalue weighted by molar-refractivity contribution is 6.36. The van der Waals surface area contributed by atoms with E-state index < -0.39 is 11.2 Å². The Morgan fingerprint density at radius 1 is 1.00 bits per heavy atom. The zero-order valence-corrected chi connectivity index (χ0v) is 16.0. The van der Waals surface area contributed by atoms with E-state index in [-0.39, 0.29) is 0 Å². The SMILES string of the molecule is Cn1c(-c2ccc(Cl)cc2Cl)c(-c2cn3ccccc3n2)c(=O)n(C)c1=O. The Morgan fingerprint density at radius 2 is 1.78 bits per heavy atom. The van der Waals surface area contributed by atoms with Crippen LogP contribution in [0.4, 0.5) is 0 Å². The number of hydrogen-bond donors (Lipinski definition) is 0. The number of nitrogens with zero attached hydrogens (tertiary/aromatic N) is 4. The molecule has 0 N–H and O–H groups in total. The highest BCUT2D eigenvalue weighted by atomic mass is 35.5. The molecule has 0 saturated carbocycles. The van der Waals surface area contributed by atoms with Crippen LogP contribution in [0, 0.1) is 0 Å². The fourth-order valence-electron chi connectivity index (χ4n) is 3.13. The van der Waals surface area contributed by atoms with E-state index in [4.69, 9.17) is 23.2 Å². The van der Waals surface area contributed by atoms with Gasteiger partial charge in [0, 0.05) is 37.1 Å². The molecule has 3 aromatic heterocycles. The van der Waals surface area contributed by atoms with Crippen LogP contribution in [0.2, 0.25) is 10.0 Å². The van der Waals surface area contributed by atoms with Gasteiger partial charge in [0.2, 0.25) is 0 Å². The lowest BCUT2D eigenvalue weighted by atomic mass is 10.0. The van der Waals surface area contributed by atoms with Gasteiger partial charge in [-0.1, -0.05) is 29.3 Å². The van der Waals surface area contributed by atoms with Crippen LogP contribution < -0.4 is 11.2 Å². The fourth-order valence-corrected chi connectivity index (χ4v) is 3.63. The number of halogens is 2. The van der Waals surface area contributed by atoms with Gasteiger partial charge in [-0.15, -0.1) is 0 Å². The van der Waals surface area contributed by atoms with Crippen molar-refractivity contribution in [2.45, 2.75) is 0 Å². The maximum absolute atomic E-state index is 13.0. The molecule has 0 saturated heterocycles. The first kappa shape index (κ1) is 17.6. The normalized spacial score (nSPS) is 11.3. The Kier molecular flexibility index (Phi) is 4.17. The molecule has 0 aliphatic heterocycles. The molecule has 0 aliphatic carbocycles. The summed E-state index contributed by atoms with van der Waals surface area (Å²) in [6.45, 7) is 0. The van der Waals surface area contributed by atoms with Crippen molar-refractivity contribution in [2.75, 3.05) is 0 Å². The Hall–Kier alpha value is -2.83. The number of fused-ring (bicyclic) bond motifs is 1. The second-order valence-electron chi connectivity index (χ2n) is 6.15. The molecular formula is C19H14Cl2N4O2. The zero-order chi connectivity index (χ0) is 19.3. The van der Waals surface area contributed by atoms with E-state index in [9.17, 15) is 9.59 Å². The largest absolute Gasteiger partial charge is 0.330 e. The average molecular weight is 401 g/mol. The van der Waals surface area contributed by atoms with E-state index >= 15 is 0 Å². The van der Waals surface area contributed by atoms with Crippen LogP contribution in [0.5, 0.6) is 0 Å². The minimum Gasteiger partial charge on any atom is -0.306 e. The molecule has 1 aromatic carbocycles. The molecule has 4 rings (SSSR count). The molecule has 0 atom stereocenters. The predicted molar refractivity (Wildman–Crippen MR) is 107 cm³/mol. The maximum atomic E-state index is 13.0. The topological polar surface area (TPSA) is 61.3 Å². The molecule has 0 bridgehead atoms. The van der Waals surface area contributed by atoms with E-state index in [0.29, 0.717) is 38.2 Å². The Bertz CT molecular complexity index is 1280. The summed E-state index contributed by atoms with van der Waals surface area (Å²) in [6.07, 6.45) is 3.59. The van der Waals surface area contributed by atoms with Gasteiger partial charge in [0.15, 0.2) is 0 Å². The highest BCUT2D eigenvalue weighted by Gasteiger charge is 2.22. The molecule has 136 valence electrons. The smallest absolute Gasteiger partial charge is 0.306 e. The van der Waals surface area contributed by atoms with Crippen LogP contribution in [0.1, 0.15) is 0 Å². The number of hydrogen-bond acceptors (Lipinski definition) is 3. The minimum atomic E-state index is -0.450. The van der Waals surface area contributed by atoms with Crippen molar-refractivity contribution >= 4 is 28.8 Å². The third-order valence-corrected chi connectivity index (χ3v) is 5.02. The molecule has 3 heterocycles. The summed E-state index contributed by atoms with van der Waals surface area (Å²) in [5.41, 5.74) is 1.48. The number of rotatable bonds is 2. The summed E-state index contributed by atoms with van der Waals surface area (Å²) in [4.78, 5) is 30.1. The average Bonchev–Trinajstić information content (AvgIpc) is 3.07. The van der Waals surface area contributed by atoms with Crippen molar-refractivity contribution in [3.05, 3.63) is 79.7 Å². The molecular weight excluding hydrogens is 387 g/mol. The quantitative estimate of drug-likeness (QED) is 0.518. The molecule has 0 radical (unpaired) electrons. The summed E-state index contributed by atoms with van der Waals surface area (Å²) in [5.74, 6) is 0. The van der Waals surface area contributed by atoms with Gasteiger partial charge in [-0.2, -0.15) is 0 Å². The van der Waals surface area contributed by atoms with Crippen LogP contribution >= 0.6 is 23.2 Å². The monoisotopic (exact) mass is 400 g/mol. The maximum Gasteiger partial charge on any atom is 0.330 e. The van der Waals surface area contributed by atoms with Crippen LogP contribution in [-0.2, 0) is 14.1 Å². The van der Waals surface area contributed by atoms with Gasteiger partial charge >= 0.3 is 5.69 Å². The lowest BCUT2D eigenvalue weighted by Gasteiger charge is -2.15. The van der Waals surface area contributed by atoms with E-state index in [1.807, 2.05) is 28.8 Å². The second kappa shape index (κ2) is 6.40. The van der Waals surface area contributed by atoms with Crippen LogP contribution in [0.25, 0.3) is 28.2 Å². The van der Waals surface area contributed by atoms with Crippen molar-refractivity contribution < 1.29 is 0 Å². The summed E-state index contributed by atoms with van der Waals surface area (Å²) >= 11 is 12.4. The molecule has 6 nitrogen and oxygen atoms in total. The van der Waals surface area contributed by atoms with Crippen molar-refractivity contribution in [1.29, 1.82) is 0 Å². The minimum absolute atomic E-state index is 0.299. The molecule has 27 heavy (non-hydrogen) atoms. The van der Waals surface area contributed by atoms with Crippen molar-refractivity contribution in [1.82, 2.24) is 18.5 Å². The van der Waals surface area contributed by atoms with E-state index in [1.54, 1.807) is 31.4 Å². The lowest BCUT2D eigenvalue weighted by molar-refractivity contribution is 0.694. The third-order valence-electron chi connectivity index (χ3n) is 4.47. The summed E-state index contributed by atoms with van der Waals surface area (Å²) in [5, 5.41) is 0.808. The first-order chi connectivity index (χ1) is 12.9. The predicted octanol–water partition coefficient (Wildman–Crippen LogP) is 3.37. The van der Waals surface area contributed by atoms with Crippen LogP contribution in [0.3, 0.4) is 0 Å². The van der Waals surface area contributed by atoms with Gasteiger partial charge in [0.05, 0.1) is 22.0 Å². The van der Waals surface area contributed by atoms with Crippen molar-refractivity contribution in [2.24, 2.45) is 14.1 Å². The first-order valence-electron chi connectivity index (χ1n) is 8.08. The van der Waals surface area contributed by atoms with E-state index in [0.717, 1.165) is 4.57 Å². The van der Waals surface area contributed by atoms with Gasteiger partial charge in [-0.25, -0.2) is 9.78 Å². The zero-order valence-electron chi connectivity index (χ0n) is 14.5.